The molecule has 0 bridgehead atoms. The van der Waals surface area contributed by atoms with Gasteiger partial charge < -0.3 is 5.32 Å². The van der Waals surface area contributed by atoms with E-state index in [-0.39, 0.29) is 18.4 Å². The summed E-state index contributed by atoms with van der Waals surface area (Å²) in [4.78, 5) is 11.9. The number of halogens is 1. The molecule has 1 aromatic carbocycles. The van der Waals surface area contributed by atoms with Crippen molar-refractivity contribution in [1.82, 2.24) is 15.1 Å². The lowest BCUT2D eigenvalue weighted by Gasteiger charge is -2.12. The third-order valence-electron chi connectivity index (χ3n) is 3.19. The molecule has 7 heteroatoms. The summed E-state index contributed by atoms with van der Waals surface area (Å²) in [6, 6.07) is 7.89. The molecule has 2 N–H and O–H groups in total. The van der Waals surface area contributed by atoms with Gasteiger partial charge in [-0.15, -0.1) is 0 Å². The number of amides is 2. The summed E-state index contributed by atoms with van der Waals surface area (Å²) >= 11 is 1.68. The number of carbonyl (C=O) groups excluding carboxylic acids is 1. The van der Waals surface area contributed by atoms with E-state index < -0.39 is 0 Å². The van der Waals surface area contributed by atoms with E-state index in [1.54, 1.807) is 46.9 Å². The molecule has 0 aliphatic carbocycles. The van der Waals surface area contributed by atoms with Crippen LogP contribution in [0.15, 0.2) is 36.5 Å². The van der Waals surface area contributed by atoms with Crippen molar-refractivity contribution in [3.8, 4) is 0 Å². The van der Waals surface area contributed by atoms with Crippen molar-refractivity contribution in [2.75, 3.05) is 18.1 Å². The predicted octanol–water partition coefficient (Wildman–Crippen LogP) is 2.94. The molecule has 1 atom stereocenters. The van der Waals surface area contributed by atoms with E-state index in [0.717, 1.165) is 0 Å². The second-order valence-corrected chi connectivity index (χ2v) is 6.12. The number of aromatic nitrogens is 2. The monoisotopic (exact) mass is 322 g/mol. The van der Waals surface area contributed by atoms with Crippen LogP contribution in [0.4, 0.5) is 15.0 Å². The third kappa shape index (κ3) is 4.49. The molecule has 2 aromatic rings. The Hall–Kier alpha value is -2.02. The summed E-state index contributed by atoms with van der Waals surface area (Å²) < 4.78 is 15.2. The zero-order valence-corrected chi connectivity index (χ0v) is 13.4. The summed E-state index contributed by atoms with van der Waals surface area (Å²) in [6.07, 6.45) is 3.56. The van der Waals surface area contributed by atoms with Gasteiger partial charge in [-0.2, -0.15) is 16.9 Å². The first kappa shape index (κ1) is 16.4. The van der Waals surface area contributed by atoms with Crippen LogP contribution in [-0.4, -0.2) is 33.9 Å². The van der Waals surface area contributed by atoms with Gasteiger partial charge in [0.25, 0.3) is 0 Å². The molecular weight excluding hydrogens is 303 g/mol. The van der Waals surface area contributed by atoms with Crippen molar-refractivity contribution in [1.29, 1.82) is 0 Å². The molecule has 118 valence electrons. The molecule has 0 radical (unpaired) electrons. The maximum Gasteiger partial charge on any atom is 0.320 e. The fourth-order valence-corrected chi connectivity index (χ4v) is 2.08. The number of nitrogens with one attached hydrogen (secondary N) is 2. The van der Waals surface area contributed by atoms with Gasteiger partial charge >= 0.3 is 6.03 Å². The van der Waals surface area contributed by atoms with E-state index in [2.05, 4.69) is 15.7 Å². The normalized spacial score (nSPS) is 12.0. The highest BCUT2D eigenvalue weighted by Gasteiger charge is 2.10. The molecule has 5 nitrogen and oxygen atoms in total. The highest BCUT2D eigenvalue weighted by Crippen LogP contribution is 2.13. The van der Waals surface area contributed by atoms with Crippen LogP contribution in [0.1, 0.15) is 12.5 Å². The standard InChI is InChI=1S/C15H19FN4OS/c1-11(22-2)9-17-15(21)19-14-7-8-18-20(14)10-12-5-3-4-6-13(12)16/h3-8,11H,9-10H2,1-2H3,(H2,17,19,21)/t11-/m0/s1. The molecule has 2 amide bonds. The van der Waals surface area contributed by atoms with Crippen LogP contribution in [-0.2, 0) is 6.54 Å². The Morgan fingerprint density at radius 1 is 1.41 bits per heavy atom. The van der Waals surface area contributed by atoms with Crippen LogP contribution >= 0.6 is 11.8 Å². The lowest BCUT2D eigenvalue weighted by atomic mass is 10.2. The highest BCUT2D eigenvalue weighted by atomic mass is 32.2. The van der Waals surface area contributed by atoms with Crippen LogP contribution in [0.3, 0.4) is 0 Å². The van der Waals surface area contributed by atoms with Gasteiger partial charge in [-0.05, 0) is 12.3 Å². The Labute approximate surface area is 133 Å². The van der Waals surface area contributed by atoms with Gasteiger partial charge in [-0.25, -0.2) is 13.9 Å². The molecule has 0 aliphatic rings. The first-order chi connectivity index (χ1) is 10.6. The van der Waals surface area contributed by atoms with Crippen LogP contribution < -0.4 is 10.6 Å². The van der Waals surface area contributed by atoms with Gasteiger partial charge in [0, 0.05) is 23.4 Å². The summed E-state index contributed by atoms with van der Waals surface area (Å²) in [5.74, 6) is 0.236. The topological polar surface area (TPSA) is 59.0 Å². The van der Waals surface area contributed by atoms with Crippen LogP contribution in [0.2, 0.25) is 0 Å². The Bertz CT molecular complexity index is 632. The molecule has 0 spiro atoms. The number of thioether (sulfide) groups is 1. The number of rotatable bonds is 6. The van der Waals surface area contributed by atoms with Gasteiger partial charge in [0.2, 0.25) is 0 Å². The van der Waals surface area contributed by atoms with E-state index in [4.69, 9.17) is 0 Å². The Balaban J connectivity index is 1.98. The first-order valence-corrected chi connectivity index (χ1v) is 8.22. The van der Waals surface area contributed by atoms with E-state index in [0.29, 0.717) is 23.2 Å². The summed E-state index contributed by atoms with van der Waals surface area (Å²) in [5, 5.41) is 9.98. The molecule has 0 saturated carbocycles. The lowest BCUT2D eigenvalue weighted by molar-refractivity contribution is 0.252. The summed E-state index contributed by atoms with van der Waals surface area (Å²) in [6.45, 7) is 2.87. The van der Waals surface area contributed by atoms with Crippen molar-refractivity contribution < 1.29 is 9.18 Å². The Morgan fingerprint density at radius 3 is 2.91 bits per heavy atom. The average Bonchev–Trinajstić information content (AvgIpc) is 2.94. The number of nitrogens with zero attached hydrogens (tertiary/aromatic N) is 2. The average molecular weight is 322 g/mol. The Morgan fingerprint density at radius 2 is 2.18 bits per heavy atom. The third-order valence-corrected chi connectivity index (χ3v) is 4.16. The minimum Gasteiger partial charge on any atom is -0.337 e. The van der Waals surface area contributed by atoms with E-state index >= 15 is 0 Å². The smallest absolute Gasteiger partial charge is 0.320 e. The molecule has 2 rings (SSSR count). The number of urea groups is 1. The zero-order valence-electron chi connectivity index (χ0n) is 12.5. The lowest BCUT2D eigenvalue weighted by Crippen LogP contribution is -2.33. The van der Waals surface area contributed by atoms with Crippen molar-refractivity contribution in [2.24, 2.45) is 0 Å². The molecule has 22 heavy (non-hydrogen) atoms. The predicted molar refractivity (Wildman–Crippen MR) is 87.7 cm³/mol. The molecule has 0 aliphatic heterocycles. The fraction of sp³-hybridized carbons (Fsp3) is 0.333. The summed E-state index contributed by atoms with van der Waals surface area (Å²) in [5.41, 5.74) is 0.519. The number of hydrogen-bond acceptors (Lipinski definition) is 3. The van der Waals surface area contributed by atoms with E-state index in [9.17, 15) is 9.18 Å². The van der Waals surface area contributed by atoms with Gasteiger partial charge in [-0.1, -0.05) is 25.1 Å². The van der Waals surface area contributed by atoms with Crippen molar-refractivity contribution in [2.45, 2.75) is 18.7 Å². The molecule has 1 heterocycles. The fourth-order valence-electron chi connectivity index (χ4n) is 1.83. The Kier molecular flexibility index (Phi) is 5.83. The van der Waals surface area contributed by atoms with Crippen LogP contribution in [0.5, 0.6) is 0 Å². The van der Waals surface area contributed by atoms with Crippen molar-refractivity contribution in [3.63, 3.8) is 0 Å². The van der Waals surface area contributed by atoms with Crippen LogP contribution in [0, 0.1) is 5.82 Å². The molecule has 0 fully saturated rings. The molecular formula is C15H19FN4OS. The molecule has 0 saturated heterocycles. The van der Waals surface area contributed by atoms with Crippen molar-refractivity contribution in [3.05, 3.63) is 47.9 Å². The zero-order chi connectivity index (χ0) is 15.9. The van der Waals surface area contributed by atoms with Crippen molar-refractivity contribution >= 4 is 23.6 Å². The molecule has 1 aromatic heterocycles. The minimum atomic E-state index is -0.295. The van der Waals surface area contributed by atoms with E-state index in [1.165, 1.54) is 6.07 Å². The maximum absolute atomic E-state index is 13.7. The van der Waals surface area contributed by atoms with Gasteiger partial charge in [0.1, 0.15) is 11.6 Å². The SMILES string of the molecule is CS[C@@H](C)CNC(=O)Nc1ccnn1Cc1ccccc1F. The van der Waals surface area contributed by atoms with Gasteiger partial charge in [0.15, 0.2) is 0 Å². The second-order valence-electron chi connectivity index (χ2n) is 4.85. The van der Waals surface area contributed by atoms with Gasteiger partial charge in [0.05, 0.1) is 12.7 Å². The van der Waals surface area contributed by atoms with E-state index in [1.807, 2.05) is 13.2 Å². The number of hydrogen-bond donors (Lipinski definition) is 2. The molecule has 0 unspecified atom stereocenters. The maximum atomic E-state index is 13.7. The number of carbonyl (C=O) groups is 1. The quantitative estimate of drug-likeness (QED) is 0.859. The van der Waals surface area contributed by atoms with Crippen LogP contribution in [0.25, 0.3) is 0 Å². The largest absolute Gasteiger partial charge is 0.337 e. The number of anilines is 1. The first-order valence-electron chi connectivity index (χ1n) is 6.93. The number of benzene rings is 1. The highest BCUT2D eigenvalue weighted by molar-refractivity contribution is 7.99. The summed E-state index contributed by atoms with van der Waals surface area (Å²) in [7, 11) is 0. The minimum absolute atomic E-state index is 0.260. The van der Waals surface area contributed by atoms with Gasteiger partial charge in [-0.3, -0.25) is 5.32 Å². The second kappa shape index (κ2) is 7.84.